The predicted molar refractivity (Wildman–Crippen MR) is 113 cm³/mol. The Balaban J connectivity index is 1.75. The van der Waals surface area contributed by atoms with Gasteiger partial charge in [0.15, 0.2) is 5.78 Å². The zero-order chi connectivity index (χ0) is 22.0. The molecule has 3 saturated carbocycles. The molecular weight excluding hydrogens is 380 g/mol. The standard InChI is InChI=1S/C25H36O5/c1-13-10-17(28)11-16-6-7-18-20(25(13,16)5)8-9-24(4)21(30-15(3)27)12-19(22(18)24)23(29)14(2)26/h10-11,14,18-23,26,29H,6-9,12H2,1-5H3/t14?,18-,19-,20+,21+,22-,23?,24-,25+/m1/s1. The Morgan fingerprint density at radius 2 is 1.93 bits per heavy atom. The number of aliphatic hydroxyl groups is 2. The third-order valence-electron chi connectivity index (χ3n) is 9.31. The van der Waals surface area contributed by atoms with Crippen molar-refractivity contribution >= 4 is 11.8 Å². The number of rotatable bonds is 3. The molecule has 0 aromatic carbocycles. The van der Waals surface area contributed by atoms with Crippen LogP contribution in [0.4, 0.5) is 0 Å². The van der Waals surface area contributed by atoms with E-state index in [1.807, 2.05) is 6.08 Å². The van der Waals surface area contributed by atoms with Crippen LogP contribution in [0.15, 0.2) is 23.3 Å². The quantitative estimate of drug-likeness (QED) is 0.687. The Hall–Kier alpha value is -1.46. The number of hydrogen-bond acceptors (Lipinski definition) is 5. The Morgan fingerprint density at radius 3 is 2.57 bits per heavy atom. The summed E-state index contributed by atoms with van der Waals surface area (Å²) in [5.74, 6) is 0.642. The average Bonchev–Trinajstić information content (AvgIpc) is 2.94. The second-order valence-electron chi connectivity index (χ2n) is 10.7. The highest BCUT2D eigenvalue weighted by Gasteiger charge is 2.64. The summed E-state index contributed by atoms with van der Waals surface area (Å²) >= 11 is 0. The largest absolute Gasteiger partial charge is 0.462 e. The topological polar surface area (TPSA) is 83.8 Å². The minimum absolute atomic E-state index is 0.0947. The number of hydrogen-bond donors (Lipinski definition) is 2. The minimum Gasteiger partial charge on any atom is -0.462 e. The van der Waals surface area contributed by atoms with Gasteiger partial charge in [0.1, 0.15) is 6.10 Å². The number of carbonyl (C=O) groups excluding carboxylic acids is 2. The van der Waals surface area contributed by atoms with Crippen molar-refractivity contribution in [3.63, 3.8) is 0 Å². The molecule has 0 spiro atoms. The van der Waals surface area contributed by atoms with Crippen molar-refractivity contribution in [2.75, 3.05) is 0 Å². The van der Waals surface area contributed by atoms with E-state index in [1.165, 1.54) is 12.5 Å². The van der Waals surface area contributed by atoms with Crippen LogP contribution in [-0.4, -0.2) is 40.3 Å². The van der Waals surface area contributed by atoms with Crippen LogP contribution >= 0.6 is 0 Å². The van der Waals surface area contributed by atoms with Crippen molar-refractivity contribution in [2.45, 2.75) is 85.0 Å². The molecule has 0 heterocycles. The molecule has 5 nitrogen and oxygen atoms in total. The van der Waals surface area contributed by atoms with E-state index in [-0.39, 0.29) is 40.5 Å². The van der Waals surface area contributed by atoms with Gasteiger partial charge in [-0.2, -0.15) is 0 Å². The minimum atomic E-state index is -0.831. The molecule has 0 bridgehead atoms. The normalized spacial score (nSPS) is 44.8. The number of aliphatic hydroxyl groups excluding tert-OH is 2. The van der Waals surface area contributed by atoms with Gasteiger partial charge in [0, 0.05) is 17.8 Å². The lowest BCUT2D eigenvalue weighted by atomic mass is 9.46. The van der Waals surface area contributed by atoms with Crippen LogP contribution in [-0.2, 0) is 14.3 Å². The lowest BCUT2D eigenvalue weighted by Crippen LogP contribution is -2.54. The summed E-state index contributed by atoms with van der Waals surface area (Å²) in [6.45, 7) is 9.68. The first-order chi connectivity index (χ1) is 14.0. The molecule has 0 saturated heterocycles. The summed E-state index contributed by atoms with van der Waals surface area (Å²) in [7, 11) is 0. The van der Waals surface area contributed by atoms with Gasteiger partial charge < -0.3 is 14.9 Å². The Kier molecular flexibility index (Phi) is 5.30. The fourth-order valence-corrected chi connectivity index (χ4v) is 7.79. The van der Waals surface area contributed by atoms with E-state index in [1.54, 1.807) is 13.0 Å². The molecule has 0 amide bonds. The monoisotopic (exact) mass is 416 g/mol. The van der Waals surface area contributed by atoms with Crippen molar-refractivity contribution in [1.29, 1.82) is 0 Å². The lowest BCUT2D eigenvalue weighted by molar-refractivity contribution is -0.157. The van der Waals surface area contributed by atoms with Gasteiger partial charge in [-0.1, -0.05) is 25.0 Å². The fraction of sp³-hybridized carbons (Fsp3) is 0.760. The van der Waals surface area contributed by atoms with Gasteiger partial charge in [0.25, 0.3) is 0 Å². The summed E-state index contributed by atoms with van der Waals surface area (Å²) in [4.78, 5) is 24.0. The van der Waals surface area contributed by atoms with E-state index in [0.717, 1.165) is 31.3 Å². The summed E-state index contributed by atoms with van der Waals surface area (Å²) in [5, 5.41) is 21.2. The Bertz CT molecular complexity index is 810. The highest BCUT2D eigenvalue weighted by molar-refractivity contribution is 6.02. The highest BCUT2D eigenvalue weighted by Crippen LogP contribution is 2.67. The van der Waals surface area contributed by atoms with Crippen LogP contribution in [0.2, 0.25) is 0 Å². The molecule has 30 heavy (non-hydrogen) atoms. The molecule has 4 rings (SSSR count). The second kappa shape index (κ2) is 7.30. The van der Waals surface area contributed by atoms with Crippen molar-refractivity contribution in [1.82, 2.24) is 0 Å². The first-order valence-corrected chi connectivity index (χ1v) is 11.5. The Labute approximate surface area is 179 Å². The second-order valence-corrected chi connectivity index (χ2v) is 10.7. The number of ketones is 1. The maximum atomic E-state index is 12.2. The molecule has 166 valence electrons. The Morgan fingerprint density at radius 1 is 1.23 bits per heavy atom. The molecule has 5 heteroatoms. The lowest BCUT2D eigenvalue weighted by Gasteiger charge is -2.59. The number of esters is 1. The molecule has 9 atom stereocenters. The highest BCUT2D eigenvalue weighted by atomic mass is 16.5. The van der Waals surface area contributed by atoms with Gasteiger partial charge in [-0.25, -0.2) is 0 Å². The van der Waals surface area contributed by atoms with Crippen molar-refractivity contribution in [3.8, 4) is 0 Å². The van der Waals surface area contributed by atoms with Crippen LogP contribution in [0.5, 0.6) is 0 Å². The zero-order valence-corrected chi connectivity index (χ0v) is 18.9. The van der Waals surface area contributed by atoms with Crippen LogP contribution < -0.4 is 0 Å². The fourth-order valence-electron chi connectivity index (χ4n) is 7.79. The van der Waals surface area contributed by atoms with Gasteiger partial charge in [0.2, 0.25) is 0 Å². The van der Waals surface area contributed by atoms with E-state index in [0.29, 0.717) is 18.3 Å². The third kappa shape index (κ3) is 3.03. The predicted octanol–water partition coefficient (Wildman–Crippen LogP) is 3.58. The number of carbonyl (C=O) groups is 2. The number of allylic oxidation sites excluding steroid dienone is 4. The molecule has 2 N–H and O–H groups in total. The van der Waals surface area contributed by atoms with Crippen molar-refractivity contribution in [2.24, 2.45) is 34.5 Å². The van der Waals surface area contributed by atoms with E-state index in [9.17, 15) is 19.8 Å². The average molecular weight is 417 g/mol. The maximum absolute atomic E-state index is 12.2. The van der Waals surface area contributed by atoms with E-state index >= 15 is 0 Å². The zero-order valence-electron chi connectivity index (χ0n) is 18.9. The molecule has 4 aliphatic rings. The van der Waals surface area contributed by atoms with Gasteiger partial charge in [0.05, 0.1) is 12.2 Å². The third-order valence-corrected chi connectivity index (χ3v) is 9.31. The first kappa shape index (κ1) is 21.8. The van der Waals surface area contributed by atoms with Gasteiger partial charge in [-0.3, -0.25) is 9.59 Å². The molecule has 0 radical (unpaired) electrons. The van der Waals surface area contributed by atoms with Crippen LogP contribution in [0, 0.1) is 34.5 Å². The first-order valence-electron chi connectivity index (χ1n) is 11.5. The molecule has 0 aliphatic heterocycles. The van der Waals surface area contributed by atoms with Crippen LogP contribution in [0.1, 0.15) is 66.7 Å². The molecule has 0 aromatic heterocycles. The van der Waals surface area contributed by atoms with E-state index in [2.05, 4.69) is 20.8 Å². The molecule has 3 fully saturated rings. The summed E-state index contributed by atoms with van der Waals surface area (Å²) in [6.07, 6.45) is 6.15. The van der Waals surface area contributed by atoms with Crippen LogP contribution in [0.3, 0.4) is 0 Å². The smallest absolute Gasteiger partial charge is 0.302 e. The van der Waals surface area contributed by atoms with Gasteiger partial charge in [-0.15, -0.1) is 0 Å². The SMILES string of the molecule is CC(=O)O[C@H]1C[C@@H](C(O)C(C)O)[C@H]2[C@@H]3CCC4=CC(=O)C=C(C)[C@]4(C)[C@H]3CC[C@@]21C. The van der Waals surface area contributed by atoms with Gasteiger partial charge in [-0.05, 0) is 81.8 Å². The van der Waals surface area contributed by atoms with E-state index in [4.69, 9.17) is 4.74 Å². The number of ether oxygens (including phenoxy) is 1. The summed E-state index contributed by atoms with van der Waals surface area (Å²) < 4.78 is 5.79. The molecular formula is C25H36O5. The maximum Gasteiger partial charge on any atom is 0.302 e. The summed E-state index contributed by atoms with van der Waals surface area (Å²) in [5.41, 5.74) is 2.07. The molecule has 0 aromatic rings. The van der Waals surface area contributed by atoms with Crippen LogP contribution in [0.25, 0.3) is 0 Å². The molecule has 2 unspecified atom stereocenters. The van der Waals surface area contributed by atoms with Crippen molar-refractivity contribution < 1.29 is 24.5 Å². The number of fused-ring (bicyclic) bond motifs is 5. The van der Waals surface area contributed by atoms with E-state index < -0.39 is 12.2 Å². The summed E-state index contributed by atoms with van der Waals surface area (Å²) in [6, 6.07) is 0. The van der Waals surface area contributed by atoms with Gasteiger partial charge >= 0.3 is 5.97 Å². The molecule has 4 aliphatic carbocycles. The van der Waals surface area contributed by atoms with Crippen molar-refractivity contribution in [3.05, 3.63) is 23.3 Å².